The number of allylic oxidation sites excluding steroid dienone is 1. The summed E-state index contributed by atoms with van der Waals surface area (Å²) in [5, 5.41) is 15.6. The highest BCUT2D eigenvalue weighted by Gasteiger charge is 1.97. The summed E-state index contributed by atoms with van der Waals surface area (Å²) >= 11 is 0. The Morgan fingerprint density at radius 3 is 2.38 bits per heavy atom. The van der Waals surface area contributed by atoms with Gasteiger partial charge in [0.25, 0.3) is 6.47 Å². The van der Waals surface area contributed by atoms with E-state index in [-0.39, 0.29) is 6.47 Å². The fraction of sp³-hybridized carbons (Fsp3) is 0.308. The number of rotatable bonds is 3. The second-order valence-corrected chi connectivity index (χ2v) is 3.51. The average Bonchev–Trinajstić information content (AvgIpc) is 2.28. The second-order valence-electron chi connectivity index (χ2n) is 3.51. The molecule has 0 aliphatic carbocycles. The van der Waals surface area contributed by atoms with Crippen LogP contribution in [0.25, 0.3) is 0 Å². The van der Waals surface area contributed by atoms with Crippen molar-refractivity contribution >= 4 is 6.47 Å². The lowest BCUT2D eigenvalue weighted by Crippen LogP contribution is -1.89. The SMILES string of the molecule is CC(=CO)CCc1ccccc1C.O=CO. The molecule has 3 heteroatoms. The van der Waals surface area contributed by atoms with Crippen molar-refractivity contribution in [2.24, 2.45) is 0 Å². The van der Waals surface area contributed by atoms with E-state index in [0.29, 0.717) is 0 Å². The largest absolute Gasteiger partial charge is 0.516 e. The quantitative estimate of drug-likeness (QED) is 0.610. The maximum absolute atomic E-state index is 8.72. The van der Waals surface area contributed by atoms with Crippen molar-refractivity contribution in [3.8, 4) is 0 Å². The fourth-order valence-electron chi connectivity index (χ4n) is 1.29. The van der Waals surface area contributed by atoms with Gasteiger partial charge in [-0.25, -0.2) is 0 Å². The van der Waals surface area contributed by atoms with Gasteiger partial charge in [0, 0.05) is 0 Å². The van der Waals surface area contributed by atoms with E-state index in [1.54, 1.807) is 0 Å². The fourth-order valence-corrected chi connectivity index (χ4v) is 1.29. The van der Waals surface area contributed by atoms with Crippen LogP contribution >= 0.6 is 0 Å². The molecule has 0 unspecified atom stereocenters. The van der Waals surface area contributed by atoms with Gasteiger partial charge in [-0.1, -0.05) is 24.3 Å². The number of carbonyl (C=O) groups is 1. The molecule has 16 heavy (non-hydrogen) atoms. The molecule has 0 aliphatic heterocycles. The Morgan fingerprint density at radius 1 is 1.31 bits per heavy atom. The van der Waals surface area contributed by atoms with Gasteiger partial charge in [-0.3, -0.25) is 4.79 Å². The van der Waals surface area contributed by atoms with Crippen LogP contribution in [0.1, 0.15) is 24.5 Å². The van der Waals surface area contributed by atoms with Crippen molar-refractivity contribution in [2.75, 3.05) is 0 Å². The van der Waals surface area contributed by atoms with Gasteiger partial charge in [0.2, 0.25) is 0 Å². The number of aryl methyl sites for hydroxylation is 2. The Balaban J connectivity index is 0.000000673. The first-order valence-electron chi connectivity index (χ1n) is 5.08. The number of aliphatic hydroxyl groups is 1. The normalized spacial score (nSPS) is 10.2. The van der Waals surface area contributed by atoms with Crippen molar-refractivity contribution in [2.45, 2.75) is 26.7 Å². The molecular formula is C13H18O3. The summed E-state index contributed by atoms with van der Waals surface area (Å²) in [7, 11) is 0. The summed E-state index contributed by atoms with van der Waals surface area (Å²) in [4.78, 5) is 8.36. The van der Waals surface area contributed by atoms with Gasteiger partial charge in [-0.2, -0.15) is 0 Å². The third kappa shape index (κ3) is 5.86. The Hall–Kier alpha value is -1.77. The van der Waals surface area contributed by atoms with Crippen molar-refractivity contribution in [1.82, 2.24) is 0 Å². The molecule has 88 valence electrons. The molecule has 0 bridgehead atoms. The van der Waals surface area contributed by atoms with Gasteiger partial charge in [-0.05, 0) is 43.4 Å². The van der Waals surface area contributed by atoms with E-state index in [4.69, 9.17) is 15.0 Å². The van der Waals surface area contributed by atoms with E-state index in [9.17, 15) is 0 Å². The minimum absolute atomic E-state index is 0.250. The molecule has 0 saturated heterocycles. The van der Waals surface area contributed by atoms with Crippen LogP contribution in [0, 0.1) is 6.92 Å². The molecule has 0 radical (unpaired) electrons. The van der Waals surface area contributed by atoms with Crippen LogP contribution in [-0.4, -0.2) is 16.7 Å². The van der Waals surface area contributed by atoms with Gasteiger partial charge in [0.05, 0.1) is 6.26 Å². The molecule has 1 aromatic carbocycles. The topological polar surface area (TPSA) is 57.5 Å². The minimum atomic E-state index is -0.250. The zero-order valence-corrected chi connectivity index (χ0v) is 9.68. The molecule has 1 aromatic rings. The monoisotopic (exact) mass is 222 g/mol. The van der Waals surface area contributed by atoms with Crippen LogP contribution in [0.5, 0.6) is 0 Å². The van der Waals surface area contributed by atoms with E-state index in [0.717, 1.165) is 18.4 Å². The molecule has 0 spiro atoms. The predicted octanol–water partition coefficient (Wildman–Crippen LogP) is 3.09. The lowest BCUT2D eigenvalue weighted by atomic mass is 10.0. The van der Waals surface area contributed by atoms with Crippen molar-refractivity contribution in [3.05, 3.63) is 47.2 Å². The van der Waals surface area contributed by atoms with Crippen molar-refractivity contribution in [3.63, 3.8) is 0 Å². The minimum Gasteiger partial charge on any atom is -0.516 e. The highest BCUT2D eigenvalue weighted by atomic mass is 16.3. The molecular weight excluding hydrogens is 204 g/mol. The smallest absolute Gasteiger partial charge is 0.290 e. The van der Waals surface area contributed by atoms with Gasteiger partial charge in [0.15, 0.2) is 0 Å². The van der Waals surface area contributed by atoms with Gasteiger partial charge >= 0.3 is 0 Å². The molecule has 0 aromatic heterocycles. The zero-order chi connectivity index (χ0) is 12.4. The number of carboxylic acid groups (broad SMARTS) is 1. The lowest BCUT2D eigenvalue weighted by Gasteiger charge is -2.04. The molecule has 0 atom stereocenters. The van der Waals surface area contributed by atoms with E-state index >= 15 is 0 Å². The number of hydrogen-bond donors (Lipinski definition) is 2. The number of aliphatic hydroxyl groups excluding tert-OH is 1. The van der Waals surface area contributed by atoms with Crippen LogP contribution in [0.3, 0.4) is 0 Å². The average molecular weight is 222 g/mol. The molecule has 2 N–H and O–H groups in total. The molecule has 0 saturated carbocycles. The van der Waals surface area contributed by atoms with Crippen LogP contribution in [0.15, 0.2) is 36.1 Å². The summed E-state index contributed by atoms with van der Waals surface area (Å²) in [5.41, 5.74) is 3.72. The number of hydrogen-bond acceptors (Lipinski definition) is 2. The Morgan fingerprint density at radius 2 is 1.88 bits per heavy atom. The van der Waals surface area contributed by atoms with Crippen LogP contribution in [0.4, 0.5) is 0 Å². The lowest BCUT2D eigenvalue weighted by molar-refractivity contribution is -0.122. The van der Waals surface area contributed by atoms with E-state index in [1.807, 2.05) is 13.0 Å². The number of benzene rings is 1. The first kappa shape index (κ1) is 14.2. The maximum atomic E-state index is 8.72. The molecule has 0 amide bonds. The summed E-state index contributed by atoms with van der Waals surface area (Å²) in [5.74, 6) is 0. The Kier molecular flexibility index (Phi) is 7.59. The van der Waals surface area contributed by atoms with Crippen LogP contribution in [-0.2, 0) is 11.2 Å². The molecule has 1 rings (SSSR count). The molecule has 0 fully saturated rings. The molecule has 3 nitrogen and oxygen atoms in total. The first-order chi connectivity index (χ1) is 7.65. The third-order valence-electron chi connectivity index (χ3n) is 2.27. The standard InChI is InChI=1S/C12H16O.CH2O2/c1-10(9-13)7-8-12-6-4-3-5-11(12)2;2-1-3/h3-6,9,13H,7-8H2,1-2H3;1H,(H,2,3). The highest BCUT2D eigenvalue weighted by molar-refractivity contribution is 5.32. The first-order valence-corrected chi connectivity index (χ1v) is 5.08. The summed E-state index contributed by atoms with van der Waals surface area (Å²) in [6.07, 6.45) is 3.13. The molecule has 0 heterocycles. The van der Waals surface area contributed by atoms with Crippen molar-refractivity contribution < 1.29 is 15.0 Å². The van der Waals surface area contributed by atoms with Crippen molar-refractivity contribution in [1.29, 1.82) is 0 Å². The van der Waals surface area contributed by atoms with E-state index < -0.39 is 0 Å². The molecule has 0 aliphatic rings. The van der Waals surface area contributed by atoms with Crippen LogP contribution in [0.2, 0.25) is 0 Å². The summed E-state index contributed by atoms with van der Waals surface area (Å²) in [6, 6.07) is 8.36. The van der Waals surface area contributed by atoms with Gasteiger partial charge in [-0.15, -0.1) is 0 Å². The third-order valence-corrected chi connectivity index (χ3v) is 2.27. The predicted molar refractivity (Wildman–Crippen MR) is 64.6 cm³/mol. The Bertz CT molecular complexity index is 343. The zero-order valence-electron chi connectivity index (χ0n) is 9.68. The summed E-state index contributed by atoms with van der Waals surface area (Å²) in [6.45, 7) is 3.81. The summed E-state index contributed by atoms with van der Waals surface area (Å²) < 4.78 is 0. The second kappa shape index (κ2) is 8.53. The Labute approximate surface area is 96.1 Å². The van der Waals surface area contributed by atoms with E-state index in [1.165, 1.54) is 17.4 Å². The van der Waals surface area contributed by atoms with Gasteiger partial charge < -0.3 is 10.2 Å². The highest BCUT2D eigenvalue weighted by Crippen LogP contribution is 2.12. The van der Waals surface area contributed by atoms with E-state index in [2.05, 4.69) is 25.1 Å². The van der Waals surface area contributed by atoms with Gasteiger partial charge in [0.1, 0.15) is 0 Å². The van der Waals surface area contributed by atoms with Crippen LogP contribution < -0.4 is 0 Å². The maximum Gasteiger partial charge on any atom is 0.290 e.